The molecular weight excluding hydrogens is 405 g/mol. The smallest absolute Gasteiger partial charge is 0.227 e. The van der Waals surface area contributed by atoms with Crippen LogP contribution in [0.25, 0.3) is 11.3 Å². The van der Waals surface area contributed by atoms with Crippen LogP contribution in [0.15, 0.2) is 36.5 Å². The van der Waals surface area contributed by atoms with E-state index in [9.17, 15) is 4.39 Å². The minimum absolute atomic E-state index is 0.282. The van der Waals surface area contributed by atoms with Gasteiger partial charge in [-0.25, -0.2) is 14.4 Å². The fourth-order valence-corrected chi connectivity index (χ4v) is 4.51. The van der Waals surface area contributed by atoms with Crippen LogP contribution in [0.3, 0.4) is 0 Å². The molecule has 5 rings (SSSR count). The fraction of sp³-hybridized carbons (Fsp3) is 0.360. The number of halogens is 1. The van der Waals surface area contributed by atoms with E-state index in [1.165, 1.54) is 17.3 Å². The summed E-state index contributed by atoms with van der Waals surface area (Å²) in [5.74, 6) is 0.798. The largest absolute Gasteiger partial charge is 0.489 e. The molecular formula is C25H28FN5O. The van der Waals surface area contributed by atoms with Crippen LogP contribution in [-0.2, 0) is 13.0 Å². The van der Waals surface area contributed by atoms with Crippen molar-refractivity contribution in [3.05, 3.63) is 59.0 Å². The number of nitrogens with one attached hydrogen (secondary N) is 2. The van der Waals surface area contributed by atoms with Gasteiger partial charge in [0.1, 0.15) is 18.1 Å². The monoisotopic (exact) mass is 433 g/mol. The van der Waals surface area contributed by atoms with Gasteiger partial charge in [-0.15, -0.1) is 0 Å². The van der Waals surface area contributed by atoms with Crippen LogP contribution in [0.4, 0.5) is 21.7 Å². The van der Waals surface area contributed by atoms with E-state index < -0.39 is 5.82 Å². The van der Waals surface area contributed by atoms with Crippen molar-refractivity contribution in [2.24, 2.45) is 0 Å². The van der Waals surface area contributed by atoms with Crippen LogP contribution in [0.1, 0.15) is 30.5 Å². The summed E-state index contributed by atoms with van der Waals surface area (Å²) in [7, 11) is 0. The van der Waals surface area contributed by atoms with E-state index in [-0.39, 0.29) is 5.69 Å². The molecule has 7 heteroatoms. The molecule has 0 saturated heterocycles. The second-order valence-corrected chi connectivity index (χ2v) is 8.70. The van der Waals surface area contributed by atoms with Crippen LogP contribution < -0.4 is 20.3 Å². The van der Waals surface area contributed by atoms with Crippen LogP contribution in [0.5, 0.6) is 5.75 Å². The number of benzene rings is 2. The maximum Gasteiger partial charge on any atom is 0.227 e. The molecule has 1 aromatic heterocycles. The van der Waals surface area contributed by atoms with Gasteiger partial charge in [-0.3, -0.25) is 0 Å². The topological polar surface area (TPSA) is 62.3 Å². The van der Waals surface area contributed by atoms with Gasteiger partial charge in [0.05, 0.1) is 18.4 Å². The van der Waals surface area contributed by atoms with Gasteiger partial charge in [0.15, 0.2) is 5.82 Å². The Kier molecular flexibility index (Phi) is 5.43. The molecule has 3 heterocycles. The van der Waals surface area contributed by atoms with Gasteiger partial charge in [-0.2, -0.15) is 0 Å². The van der Waals surface area contributed by atoms with E-state index in [1.54, 1.807) is 0 Å². The minimum Gasteiger partial charge on any atom is -0.489 e. The normalized spacial score (nSPS) is 15.2. The lowest BCUT2D eigenvalue weighted by atomic mass is 10.0. The number of anilines is 3. The lowest BCUT2D eigenvalue weighted by molar-refractivity contribution is 0.301. The second-order valence-electron chi connectivity index (χ2n) is 8.70. The van der Waals surface area contributed by atoms with Crippen molar-refractivity contribution in [2.45, 2.75) is 39.8 Å². The lowest BCUT2D eigenvalue weighted by Gasteiger charge is -2.35. The number of ether oxygens (including phenoxy) is 1. The summed E-state index contributed by atoms with van der Waals surface area (Å²) in [6.07, 6.45) is 2.22. The van der Waals surface area contributed by atoms with Crippen molar-refractivity contribution in [1.82, 2.24) is 15.3 Å². The summed E-state index contributed by atoms with van der Waals surface area (Å²) in [5, 5.41) is 6.63. The number of rotatable bonds is 4. The Morgan fingerprint density at radius 3 is 2.91 bits per heavy atom. The van der Waals surface area contributed by atoms with Gasteiger partial charge < -0.3 is 20.3 Å². The Balaban J connectivity index is 1.49. The van der Waals surface area contributed by atoms with E-state index >= 15 is 0 Å². The first-order chi connectivity index (χ1) is 15.5. The molecule has 0 radical (unpaired) electrons. The third kappa shape index (κ3) is 3.88. The average Bonchev–Trinajstić information content (AvgIpc) is 2.79. The van der Waals surface area contributed by atoms with Gasteiger partial charge in [-0.05, 0) is 74.7 Å². The molecule has 0 fully saturated rings. The van der Waals surface area contributed by atoms with Gasteiger partial charge in [0.25, 0.3) is 0 Å². The van der Waals surface area contributed by atoms with Crippen LogP contribution in [0.2, 0.25) is 0 Å². The Morgan fingerprint density at radius 1 is 1.19 bits per heavy atom. The molecule has 2 aliphatic rings. The summed E-state index contributed by atoms with van der Waals surface area (Å²) >= 11 is 0. The number of hydrogen-bond donors (Lipinski definition) is 2. The Bertz CT molecular complexity index is 1160. The highest BCUT2D eigenvalue weighted by molar-refractivity contribution is 5.75. The highest BCUT2D eigenvalue weighted by Crippen LogP contribution is 2.40. The van der Waals surface area contributed by atoms with Gasteiger partial charge >= 0.3 is 0 Å². The standard InChI is InChI=1S/C25H28FN5O/c1-15(2)31-8-9-32-24-16(3)10-19(12-22(24)31)23-21(26)14-28-25(30-23)29-20-5-4-18-13-27-7-6-17(18)11-20/h4-5,10-12,14-15,27H,6-9,13H2,1-3H3,(H,28,29,30). The summed E-state index contributed by atoms with van der Waals surface area (Å²) in [4.78, 5) is 11.0. The SMILES string of the molecule is Cc1cc(-c2nc(Nc3ccc4c(c3)CCNC4)ncc2F)cc2c1OCCN2C(C)C. The molecule has 0 atom stereocenters. The molecule has 166 valence electrons. The van der Waals surface area contributed by atoms with E-state index in [2.05, 4.69) is 51.5 Å². The van der Waals surface area contributed by atoms with Gasteiger partial charge in [0.2, 0.25) is 5.95 Å². The van der Waals surface area contributed by atoms with Crippen LogP contribution in [0, 0.1) is 12.7 Å². The van der Waals surface area contributed by atoms with Crippen molar-refractivity contribution >= 4 is 17.3 Å². The zero-order valence-electron chi connectivity index (χ0n) is 18.7. The molecule has 0 aliphatic carbocycles. The second kappa shape index (κ2) is 8.39. The van der Waals surface area contributed by atoms with Crippen molar-refractivity contribution in [2.75, 3.05) is 29.9 Å². The van der Waals surface area contributed by atoms with Gasteiger partial charge in [-0.1, -0.05) is 6.07 Å². The molecule has 0 bridgehead atoms. The van der Waals surface area contributed by atoms with Crippen LogP contribution in [-0.4, -0.2) is 35.7 Å². The van der Waals surface area contributed by atoms with Crippen molar-refractivity contribution in [3.63, 3.8) is 0 Å². The first kappa shape index (κ1) is 20.7. The minimum atomic E-state index is -0.445. The van der Waals surface area contributed by atoms with E-state index in [4.69, 9.17) is 4.74 Å². The zero-order valence-corrected chi connectivity index (χ0v) is 18.7. The van der Waals surface area contributed by atoms with Crippen molar-refractivity contribution in [3.8, 4) is 17.0 Å². The molecule has 2 aliphatic heterocycles. The third-order valence-corrected chi connectivity index (χ3v) is 6.13. The predicted octanol–water partition coefficient (Wildman–Crippen LogP) is 4.59. The van der Waals surface area contributed by atoms with E-state index in [0.717, 1.165) is 54.3 Å². The number of nitrogens with zero attached hydrogens (tertiary/aromatic N) is 3. The van der Waals surface area contributed by atoms with Gasteiger partial charge in [0, 0.05) is 23.8 Å². The molecule has 6 nitrogen and oxygen atoms in total. The number of fused-ring (bicyclic) bond motifs is 2. The quantitative estimate of drug-likeness (QED) is 0.628. The maximum atomic E-state index is 14.8. The zero-order chi connectivity index (χ0) is 22.2. The molecule has 0 unspecified atom stereocenters. The number of aromatic nitrogens is 2. The van der Waals surface area contributed by atoms with E-state index in [0.29, 0.717) is 18.6 Å². The third-order valence-electron chi connectivity index (χ3n) is 6.13. The highest BCUT2D eigenvalue weighted by atomic mass is 19.1. The van der Waals surface area contributed by atoms with Crippen molar-refractivity contribution < 1.29 is 9.13 Å². The molecule has 2 N–H and O–H groups in total. The molecule has 0 amide bonds. The predicted molar refractivity (Wildman–Crippen MR) is 125 cm³/mol. The summed E-state index contributed by atoms with van der Waals surface area (Å²) < 4.78 is 20.8. The summed E-state index contributed by atoms with van der Waals surface area (Å²) in [6.45, 7) is 9.62. The summed E-state index contributed by atoms with van der Waals surface area (Å²) in [6, 6.07) is 10.5. The Labute approximate surface area is 187 Å². The van der Waals surface area contributed by atoms with Crippen molar-refractivity contribution in [1.29, 1.82) is 0 Å². The first-order valence-corrected chi connectivity index (χ1v) is 11.2. The van der Waals surface area contributed by atoms with E-state index in [1.807, 2.05) is 25.1 Å². The fourth-order valence-electron chi connectivity index (χ4n) is 4.51. The average molecular weight is 434 g/mol. The van der Waals surface area contributed by atoms with Crippen LogP contribution >= 0.6 is 0 Å². The number of aryl methyl sites for hydroxylation is 1. The molecule has 0 saturated carbocycles. The highest BCUT2D eigenvalue weighted by Gasteiger charge is 2.24. The lowest BCUT2D eigenvalue weighted by Crippen LogP contribution is -2.38. The maximum absolute atomic E-state index is 14.8. The molecule has 2 aromatic carbocycles. The molecule has 3 aromatic rings. The molecule has 32 heavy (non-hydrogen) atoms. The first-order valence-electron chi connectivity index (χ1n) is 11.2. The Hall–Kier alpha value is -3.19. The Morgan fingerprint density at radius 2 is 2.06 bits per heavy atom. The number of hydrogen-bond acceptors (Lipinski definition) is 6. The summed E-state index contributed by atoms with van der Waals surface area (Å²) in [5.41, 5.74) is 6.49. The molecule has 0 spiro atoms.